The summed E-state index contributed by atoms with van der Waals surface area (Å²) in [6.07, 6.45) is 1.02. The minimum atomic E-state index is -0.627. The van der Waals surface area contributed by atoms with Crippen LogP contribution in [0.15, 0.2) is 51.7 Å². The number of anilines is 1. The molecule has 144 valence electrons. The van der Waals surface area contributed by atoms with E-state index in [1.165, 1.54) is 5.56 Å². The monoisotopic (exact) mass is 395 g/mol. The zero-order valence-electron chi connectivity index (χ0n) is 16.4. The highest BCUT2D eigenvalue weighted by Gasteiger charge is 2.34. The van der Waals surface area contributed by atoms with Crippen molar-refractivity contribution in [3.63, 3.8) is 0 Å². The molecular weight excluding hydrogens is 374 g/mol. The van der Waals surface area contributed by atoms with E-state index in [4.69, 9.17) is 16.0 Å². The average molecular weight is 396 g/mol. The van der Waals surface area contributed by atoms with Gasteiger partial charge in [-0.3, -0.25) is 4.79 Å². The van der Waals surface area contributed by atoms with Crippen molar-refractivity contribution in [3.8, 4) is 0 Å². The van der Waals surface area contributed by atoms with Crippen molar-refractivity contribution in [1.29, 1.82) is 0 Å². The first kappa shape index (κ1) is 18.8. The third kappa shape index (κ3) is 3.02. The van der Waals surface area contributed by atoms with E-state index in [0.717, 1.165) is 17.5 Å². The summed E-state index contributed by atoms with van der Waals surface area (Å²) in [7, 11) is 2.06. The number of benzene rings is 2. The molecule has 4 nitrogen and oxygen atoms in total. The second-order valence-electron chi connectivity index (χ2n) is 8.21. The van der Waals surface area contributed by atoms with Gasteiger partial charge in [-0.15, -0.1) is 0 Å². The summed E-state index contributed by atoms with van der Waals surface area (Å²) < 4.78 is 5.55. The lowest BCUT2D eigenvalue weighted by Crippen LogP contribution is -2.45. The van der Waals surface area contributed by atoms with Gasteiger partial charge in [0.25, 0.3) is 0 Å². The molecule has 0 bridgehead atoms. The molecule has 1 aliphatic rings. The van der Waals surface area contributed by atoms with Gasteiger partial charge in [-0.05, 0) is 68.1 Å². The predicted octanol–water partition coefficient (Wildman–Crippen LogP) is 5.40. The Morgan fingerprint density at radius 2 is 1.86 bits per heavy atom. The van der Waals surface area contributed by atoms with Gasteiger partial charge >= 0.3 is 5.63 Å². The van der Waals surface area contributed by atoms with Gasteiger partial charge in [-0.1, -0.05) is 18.5 Å². The van der Waals surface area contributed by atoms with Crippen LogP contribution in [-0.2, 0) is 0 Å². The Bertz CT molecular complexity index is 1140. The van der Waals surface area contributed by atoms with Gasteiger partial charge in [0.1, 0.15) is 11.1 Å². The summed E-state index contributed by atoms with van der Waals surface area (Å²) in [6, 6.07) is 12.1. The molecule has 5 heteroatoms. The lowest BCUT2D eigenvalue weighted by atomic mass is 9.80. The van der Waals surface area contributed by atoms with Crippen LogP contribution in [0.25, 0.3) is 11.0 Å². The van der Waals surface area contributed by atoms with E-state index < -0.39 is 5.63 Å². The maximum Gasteiger partial charge on any atom is 0.347 e. The van der Waals surface area contributed by atoms with Crippen molar-refractivity contribution >= 4 is 34.0 Å². The van der Waals surface area contributed by atoms with Crippen LogP contribution in [0.4, 0.5) is 5.69 Å². The molecule has 0 saturated carbocycles. The number of carbonyl (C=O) groups excluding carboxylic acids is 1. The largest absolute Gasteiger partial charge is 0.422 e. The maximum atomic E-state index is 12.8. The zero-order chi connectivity index (χ0) is 20.2. The van der Waals surface area contributed by atoms with Crippen LogP contribution in [0.1, 0.15) is 54.6 Å². The van der Waals surface area contributed by atoms with E-state index in [1.807, 2.05) is 12.1 Å². The van der Waals surface area contributed by atoms with Crippen LogP contribution in [0.5, 0.6) is 0 Å². The number of carbonyl (C=O) groups is 1. The fourth-order valence-electron chi connectivity index (χ4n) is 4.10. The minimum absolute atomic E-state index is 0.0187. The molecular formula is C23H22ClNO3. The van der Waals surface area contributed by atoms with E-state index in [9.17, 15) is 9.59 Å². The van der Waals surface area contributed by atoms with Gasteiger partial charge in [-0.25, -0.2) is 4.79 Å². The standard InChI is InChI=1S/C23H22ClNO3/c1-13-12-23(2,3)25(4)19-11-20-15(9-17(13)19)10-18(22(27)28-20)21(26)14-5-7-16(24)8-6-14/h5-11,13H,12H2,1-4H3/t13-/m1/s1. The van der Waals surface area contributed by atoms with Gasteiger partial charge in [0, 0.05) is 40.3 Å². The number of halogens is 1. The van der Waals surface area contributed by atoms with Gasteiger partial charge in [-0.2, -0.15) is 0 Å². The third-order valence-electron chi connectivity index (χ3n) is 5.84. The molecule has 0 aliphatic carbocycles. The number of fused-ring (bicyclic) bond motifs is 2. The second-order valence-corrected chi connectivity index (χ2v) is 8.65. The Morgan fingerprint density at radius 1 is 1.18 bits per heavy atom. The third-order valence-corrected chi connectivity index (χ3v) is 6.09. The lowest BCUT2D eigenvalue weighted by Gasteiger charge is -2.45. The van der Waals surface area contributed by atoms with E-state index >= 15 is 0 Å². The fraction of sp³-hybridized carbons (Fsp3) is 0.304. The quantitative estimate of drug-likeness (QED) is 0.430. The van der Waals surface area contributed by atoms with Crippen LogP contribution >= 0.6 is 11.6 Å². The lowest BCUT2D eigenvalue weighted by molar-refractivity contribution is 0.103. The Kier molecular flexibility index (Phi) is 4.35. The van der Waals surface area contributed by atoms with Crippen molar-refractivity contribution in [2.24, 2.45) is 0 Å². The topological polar surface area (TPSA) is 50.5 Å². The van der Waals surface area contributed by atoms with Crippen LogP contribution in [-0.4, -0.2) is 18.4 Å². The SMILES string of the molecule is C[C@@H]1CC(C)(C)N(C)c2cc3oc(=O)c(C(=O)c4ccc(Cl)cc4)cc3cc21. The van der Waals surface area contributed by atoms with Crippen molar-refractivity contribution in [1.82, 2.24) is 0 Å². The minimum Gasteiger partial charge on any atom is -0.422 e. The van der Waals surface area contributed by atoms with Crippen molar-refractivity contribution in [3.05, 3.63) is 74.6 Å². The fourth-order valence-corrected chi connectivity index (χ4v) is 4.22. The van der Waals surface area contributed by atoms with Crippen LogP contribution in [0.3, 0.4) is 0 Å². The molecule has 2 heterocycles. The van der Waals surface area contributed by atoms with Gasteiger partial charge in [0.2, 0.25) is 0 Å². The first-order chi connectivity index (χ1) is 13.2. The molecule has 0 fully saturated rings. The normalized spacial score (nSPS) is 18.2. The van der Waals surface area contributed by atoms with E-state index in [2.05, 4.69) is 32.7 Å². The summed E-state index contributed by atoms with van der Waals surface area (Å²) in [5, 5.41) is 1.30. The molecule has 0 N–H and O–H groups in total. The van der Waals surface area contributed by atoms with Crippen molar-refractivity contribution in [2.45, 2.75) is 38.6 Å². The van der Waals surface area contributed by atoms with Gasteiger partial charge < -0.3 is 9.32 Å². The van der Waals surface area contributed by atoms with Crippen LogP contribution in [0, 0.1) is 0 Å². The predicted molar refractivity (Wildman–Crippen MR) is 113 cm³/mol. The smallest absolute Gasteiger partial charge is 0.347 e. The molecule has 0 amide bonds. The molecule has 1 atom stereocenters. The highest BCUT2D eigenvalue weighted by Crippen LogP contribution is 2.43. The Morgan fingerprint density at radius 3 is 2.54 bits per heavy atom. The number of rotatable bonds is 2. The Labute approximate surface area is 168 Å². The number of hydrogen-bond donors (Lipinski definition) is 0. The number of hydrogen-bond acceptors (Lipinski definition) is 4. The summed E-state index contributed by atoms with van der Waals surface area (Å²) in [6.45, 7) is 6.62. The Balaban J connectivity index is 1.86. The summed E-state index contributed by atoms with van der Waals surface area (Å²) in [4.78, 5) is 27.6. The average Bonchev–Trinajstić information content (AvgIpc) is 2.64. The number of nitrogens with zero attached hydrogens (tertiary/aromatic N) is 1. The van der Waals surface area contributed by atoms with Crippen molar-refractivity contribution < 1.29 is 9.21 Å². The molecule has 28 heavy (non-hydrogen) atoms. The molecule has 4 rings (SSSR count). The molecule has 1 aromatic heterocycles. The highest BCUT2D eigenvalue weighted by atomic mass is 35.5. The summed E-state index contributed by atoms with van der Waals surface area (Å²) >= 11 is 5.89. The maximum absolute atomic E-state index is 12.8. The molecule has 2 aromatic carbocycles. The molecule has 0 spiro atoms. The first-order valence-electron chi connectivity index (χ1n) is 9.33. The van der Waals surface area contributed by atoms with E-state index in [0.29, 0.717) is 22.1 Å². The zero-order valence-corrected chi connectivity index (χ0v) is 17.1. The van der Waals surface area contributed by atoms with Crippen molar-refractivity contribution in [2.75, 3.05) is 11.9 Å². The van der Waals surface area contributed by atoms with Gasteiger partial charge in [0.05, 0.1) is 0 Å². The van der Waals surface area contributed by atoms with E-state index in [1.54, 1.807) is 30.3 Å². The summed E-state index contributed by atoms with van der Waals surface area (Å²) in [5.74, 6) is 0.00396. The molecule has 1 aliphatic heterocycles. The molecule has 0 unspecified atom stereocenters. The first-order valence-corrected chi connectivity index (χ1v) is 9.71. The summed E-state index contributed by atoms with van der Waals surface area (Å²) in [5.41, 5.74) is 2.59. The second kappa shape index (κ2) is 6.49. The molecule has 0 radical (unpaired) electrons. The van der Waals surface area contributed by atoms with E-state index in [-0.39, 0.29) is 16.9 Å². The highest BCUT2D eigenvalue weighted by molar-refractivity contribution is 6.30. The molecule has 3 aromatic rings. The van der Waals surface area contributed by atoms with Crippen LogP contribution < -0.4 is 10.5 Å². The van der Waals surface area contributed by atoms with Crippen LogP contribution in [0.2, 0.25) is 5.02 Å². The number of ketones is 1. The van der Waals surface area contributed by atoms with Gasteiger partial charge in [0.15, 0.2) is 5.78 Å². The molecule has 0 saturated heterocycles. The Hall–Kier alpha value is -2.59.